The Labute approximate surface area is 227 Å². The molecule has 37 heavy (non-hydrogen) atoms. The fourth-order valence-electron chi connectivity index (χ4n) is 4.17. The molecule has 2 aromatic rings. The fourth-order valence-corrected chi connectivity index (χ4v) is 5.35. The van der Waals surface area contributed by atoms with E-state index in [0.29, 0.717) is 36.5 Å². The number of rotatable bonds is 14. The van der Waals surface area contributed by atoms with Gasteiger partial charge in [0.05, 0.1) is 11.9 Å². The standard InChI is InChI=1S/C28H40ClN3O4S/c1-6-22(4)30-28(34)25(7-2)31(19-17-23-12-9-8-10-13-23)27(33)14-11-18-32(37(5,35)36)26-20-24(29)16-15-21(26)3/h8-10,12-13,15-16,20,22,25H,6-7,11,14,17-19H2,1-5H3,(H,30,34)/t22-,25+/m1/s1. The number of nitrogens with zero attached hydrogens (tertiary/aromatic N) is 2. The zero-order valence-electron chi connectivity index (χ0n) is 22.5. The highest BCUT2D eigenvalue weighted by Gasteiger charge is 2.29. The Hall–Kier alpha value is -2.58. The second kappa shape index (κ2) is 14.4. The van der Waals surface area contributed by atoms with E-state index < -0.39 is 16.1 Å². The van der Waals surface area contributed by atoms with Crippen LogP contribution in [0.3, 0.4) is 0 Å². The predicted octanol–water partition coefficient (Wildman–Crippen LogP) is 4.96. The van der Waals surface area contributed by atoms with Crippen LogP contribution in [-0.4, -0.2) is 56.6 Å². The van der Waals surface area contributed by atoms with Crippen LogP contribution in [0.25, 0.3) is 0 Å². The number of carbonyl (C=O) groups is 2. The Bertz CT molecular complexity index is 1140. The number of hydrogen-bond donors (Lipinski definition) is 1. The Morgan fingerprint density at radius 1 is 1.03 bits per heavy atom. The Balaban J connectivity index is 2.20. The number of sulfonamides is 1. The highest BCUT2D eigenvalue weighted by molar-refractivity contribution is 7.92. The van der Waals surface area contributed by atoms with E-state index in [1.165, 1.54) is 4.31 Å². The molecule has 0 saturated heterocycles. The van der Waals surface area contributed by atoms with Crippen molar-refractivity contribution in [3.8, 4) is 0 Å². The Morgan fingerprint density at radius 3 is 2.30 bits per heavy atom. The monoisotopic (exact) mass is 549 g/mol. The lowest BCUT2D eigenvalue weighted by Crippen LogP contribution is -2.51. The summed E-state index contributed by atoms with van der Waals surface area (Å²) in [6.45, 7) is 8.20. The third-order valence-electron chi connectivity index (χ3n) is 6.46. The third kappa shape index (κ3) is 9.34. The molecule has 9 heteroatoms. The van der Waals surface area contributed by atoms with Gasteiger partial charge < -0.3 is 10.2 Å². The summed E-state index contributed by atoms with van der Waals surface area (Å²) in [4.78, 5) is 28.2. The van der Waals surface area contributed by atoms with Crippen LogP contribution in [0, 0.1) is 6.92 Å². The maximum atomic E-state index is 13.5. The van der Waals surface area contributed by atoms with Gasteiger partial charge in [-0.1, -0.05) is 61.8 Å². The van der Waals surface area contributed by atoms with Crippen molar-refractivity contribution in [2.45, 2.75) is 71.9 Å². The first-order chi connectivity index (χ1) is 17.5. The summed E-state index contributed by atoms with van der Waals surface area (Å²) in [6, 6.07) is 14.4. The lowest BCUT2D eigenvalue weighted by Gasteiger charge is -2.32. The summed E-state index contributed by atoms with van der Waals surface area (Å²) in [5, 5.41) is 3.45. The van der Waals surface area contributed by atoms with Crippen molar-refractivity contribution in [2.24, 2.45) is 0 Å². The van der Waals surface area contributed by atoms with Gasteiger partial charge in [0.2, 0.25) is 21.8 Å². The molecule has 0 aliphatic rings. The highest BCUT2D eigenvalue weighted by atomic mass is 35.5. The molecule has 0 saturated carbocycles. The van der Waals surface area contributed by atoms with E-state index in [1.807, 2.05) is 58.0 Å². The number of hydrogen-bond acceptors (Lipinski definition) is 4. The molecule has 7 nitrogen and oxygen atoms in total. The summed E-state index contributed by atoms with van der Waals surface area (Å²) >= 11 is 6.13. The molecule has 0 aliphatic carbocycles. The number of benzene rings is 2. The van der Waals surface area contributed by atoms with E-state index in [9.17, 15) is 18.0 Å². The number of amides is 2. The molecule has 2 amide bonds. The van der Waals surface area contributed by atoms with Gasteiger partial charge in [-0.05, 0) is 62.8 Å². The molecular weight excluding hydrogens is 510 g/mol. The summed E-state index contributed by atoms with van der Waals surface area (Å²) < 4.78 is 26.4. The molecule has 0 aliphatic heterocycles. The summed E-state index contributed by atoms with van der Waals surface area (Å²) in [5.41, 5.74) is 2.36. The molecule has 0 aromatic heterocycles. The van der Waals surface area contributed by atoms with Crippen LogP contribution < -0.4 is 9.62 Å². The van der Waals surface area contributed by atoms with E-state index in [2.05, 4.69) is 5.32 Å². The van der Waals surface area contributed by atoms with Gasteiger partial charge in [-0.2, -0.15) is 0 Å². The molecule has 0 unspecified atom stereocenters. The number of carbonyl (C=O) groups excluding carboxylic acids is 2. The van der Waals surface area contributed by atoms with Crippen LogP contribution in [-0.2, 0) is 26.0 Å². The van der Waals surface area contributed by atoms with Crippen molar-refractivity contribution < 1.29 is 18.0 Å². The fraction of sp³-hybridized carbons (Fsp3) is 0.500. The zero-order chi connectivity index (χ0) is 27.6. The first kappa shape index (κ1) is 30.6. The minimum Gasteiger partial charge on any atom is -0.352 e. The molecule has 2 atom stereocenters. The van der Waals surface area contributed by atoms with Crippen molar-refractivity contribution >= 4 is 39.1 Å². The highest BCUT2D eigenvalue weighted by Crippen LogP contribution is 2.27. The quantitative estimate of drug-likeness (QED) is 0.361. The van der Waals surface area contributed by atoms with Crippen molar-refractivity contribution in [2.75, 3.05) is 23.7 Å². The molecule has 2 aromatic carbocycles. The average molecular weight is 550 g/mol. The van der Waals surface area contributed by atoms with Gasteiger partial charge in [0.15, 0.2) is 0 Å². The largest absolute Gasteiger partial charge is 0.352 e. The van der Waals surface area contributed by atoms with E-state index in [0.717, 1.165) is 23.8 Å². The van der Waals surface area contributed by atoms with Gasteiger partial charge in [-0.25, -0.2) is 8.42 Å². The first-order valence-electron chi connectivity index (χ1n) is 12.9. The number of aryl methyl sites for hydroxylation is 1. The average Bonchev–Trinajstić information content (AvgIpc) is 2.85. The summed E-state index contributed by atoms with van der Waals surface area (Å²) in [7, 11) is -3.59. The van der Waals surface area contributed by atoms with Crippen LogP contribution in [0.2, 0.25) is 5.02 Å². The Kier molecular flexibility index (Phi) is 11.9. The van der Waals surface area contributed by atoms with Crippen molar-refractivity contribution in [1.82, 2.24) is 10.2 Å². The van der Waals surface area contributed by atoms with Crippen LogP contribution in [0.5, 0.6) is 0 Å². The van der Waals surface area contributed by atoms with Gasteiger partial charge >= 0.3 is 0 Å². The Morgan fingerprint density at radius 2 is 1.70 bits per heavy atom. The van der Waals surface area contributed by atoms with Gasteiger partial charge in [0.1, 0.15) is 6.04 Å². The molecule has 0 spiro atoms. The van der Waals surface area contributed by atoms with Crippen LogP contribution in [0.4, 0.5) is 5.69 Å². The second-order valence-electron chi connectivity index (χ2n) is 9.43. The van der Waals surface area contributed by atoms with Gasteiger partial charge in [-0.15, -0.1) is 0 Å². The van der Waals surface area contributed by atoms with E-state index in [1.54, 1.807) is 23.1 Å². The van der Waals surface area contributed by atoms with E-state index >= 15 is 0 Å². The lowest BCUT2D eigenvalue weighted by molar-refractivity contribution is -0.141. The SMILES string of the molecule is CC[C@@H](C)NC(=O)[C@H](CC)N(CCc1ccccc1)C(=O)CCCN(c1cc(Cl)ccc1C)S(C)(=O)=O. The minimum absolute atomic E-state index is 0.0110. The third-order valence-corrected chi connectivity index (χ3v) is 7.88. The minimum atomic E-state index is -3.59. The lowest BCUT2D eigenvalue weighted by atomic mass is 10.1. The van der Waals surface area contributed by atoms with Crippen molar-refractivity contribution in [1.29, 1.82) is 0 Å². The number of halogens is 1. The first-order valence-corrected chi connectivity index (χ1v) is 15.1. The molecule has 0 radical (unpaired) electrons. The predicted molar refractivity (Wildman–Crippen MR) is 151 cm³/mol. The van der Waals surface area contributed by atoms with Gasteiger partial charge in [0, 0.05) is 30.6 Å². The van der Waals surface area contributed by atoms with Crippen molar-refractivity contribution in [3.63, 3.8) is 0 Å². The molecule has 0 bridgehead atoms. The topological polar surface area (TPSA) is 86.8 Å². The van der Waals surface area contributed by atoms with Crippen LogP contribution in [0.15, 0.2) is 48.5 Å². The smallest absolute Gasteiger partial charge is 0.243 e. The van der Waals surface area contributed by atoms with Gasteiger partial charge in [-0.3, -0.25) is 13.9 Å². The molecule has 204 valence electrons. The summed E-state index contributed by atoms with van der Waals surface area (Å²) in [5.74, 6) is -0.330. The molecule has 0 heterocycles. The van der Waals surface area contributed by atoms with Crippen molar-refractivity contribution in [3.05, 3.63) is 64.7 Å². The maximum absolute atomic E-state index is 13.5. The molecule has 2 rings (SSSR count). The van der Waals surface area contributed by atoms with E-state index in [-0.39, 0.29) is 30.8 Å². The van der Waals surface area contributed by atoms with E-state index in [4.69, 9.17) is 11.6 Å². The van der Waals surface area contributed by atoms with Crippen LogP contribution in [0.1, 0.15) is 57.6 Å². The van der Waals surface area contributed by atoms with Crippen LogP contribution >= 0.6 is 11.6 Å². The number of nitrogens with one attached hydrogen (secondary N) is 1. The molecule has 1 N–H and O–H groups in total. The maximum Gasteiger partial charge on any atom is 0.243 e. The number of anilines is 1. The molecule has 0 fully saturated rings. The molecular formula is C28H40ClN3O4S. The second-order valence-corrected chi connectivity index (χ2v) is 11.8. The van der Waals surface area contributed by atoms with Gasteiger partial charge in [0.25, 0.3) is 0 Å². The summed E-state index contributed by atoms with van der Waals surface area (Å²) in [6.07, 6.45) is 3.48. The normalized spacial score (nSPS) is 13.0. The zero-order valence-corrected chi connectivity index (χ0v) is 24.1.